The van der Waals surface area contributed by atoms with Crippen molar-refractivity contribution >= 4 is 16.7 Å². The predicted molar refractivity (Wildman–Crippen MR) is 76.9 cm³/mol. The van der Waals surface area contributed by atoms with Gasteiger partial charge in [0, 0.05) is 12.7 Å². The van der Waals surface area contributed by atoms with E-state index in [1.54, 1.807) is 9.08 Å². The molecule has 0 unspecified atom stereocenters. The molecule has 0 bridgehead atoms. The molecule has 20 heavy (non-hydrogen) atoms. The second-order valence-corrected chi connectivity index (χ2v) is 5.50. The zero-order valence-electron chi connectivity index (χ0n) is 12.1. The molecule has 3 rings (SSSR count). The van der Waals surface area contributed by atoms with E-state index < -0.39 is 0 Å². The summed E-state index contributed by atoms with van der Waals surface area (Å²) in [6.07, 6.45) is 1.82. The SMILES string of the molecule is Cc1nc2nc(C)c3c(=O)n(CC(C)C)ccc3n2n1. The van der Waals surface area contributed by atoms with Crippen LogP contribution in [0.3, 0.4) is 0 Å². The fourth-order valence-corrected chi connectivity index (χ4v) is 2.46. The molecule has 0 fully saturated rings. The van der Waals surface area contributed by atoms with Gasteiger partial charge in [-0.05, 0) is 25.8 Å². The van der Waals surface area contributed by atoms with Crippen molar-refractivity contribution in [1.82, 2.24) is 24.1 Å². The fraction of sp³-hybridized carbons (Fsp3) is 0.429. The molecule has 0 saturated carbocycles. The van der Waals surface area contributed by atoms with Gasteiger partial charge in [-0.3, -0.25) is 4.79 Å². The van der Waals surface area contributed by atoms with E-state index in [0.29, 0.717) is 35.1 Å². The molecule has 104 valence electrons. The molecule has 3 aromatic rings. The third-order valence-corrected chi connectivity index (χ3v) is 3.26. The van der Waals surface area contributed by atoms with Crippen LogP contribution in [0.15, 0.2) is 17.1 Å². The van der Waals surface area contributed by atoms with Crippen LogP contribution in [0.4, 0.5) is 0 Å². The van der Waals surface area contributed by atoms with E-state index in [1.807, 2.05) is 26.1 Å². The van der Waals surface area contributed by atoms with Crippen LogP contribution in [0, 0.1) is 19.8 Å². The van der Waals surface area contributed by atoms with Gasteiger partial charge in [0.1, 0.15) is 5.82 Å². The molecule has 0 N–H and O–H groups in total. The second kappa shape index (κ2) is 4.40. The van der Waals surface area contributed by atoms with Crippen molar-refractivity contribution in [2.24, 2.45) is 5.92 Å². The van der Waals surface area contributed by atoms with Gasteiger partial charge in [-0.2, -0.15) is 9.50 Å². The summed E-state index contributed by atoms with van der Waals surface area (Å²) in [4.78, 5) is 21.2. The van der Waals surface area contributed by atoms with Crippen molar-refractivity contribution in [3.8, 4) is 0 Å². The maximum Gasteiger partial charge on any atom is 0.261 e. The summed E-state index contributed by atoms with van der Waals surface area (Å²) >= 11 is 0. The normalized spacial score (nSPS) is 11.8. The number of hydrogen-bond acceptors (Lipinski definition) is 4. The van der Waals surface area contributed by atoms with E-state index in [2.05, 4.69) is 28.9 Å². The lowest BCUT2D eigenvalue weighted by atomic mass is 10.2. The van der Waals surface area contributed by atoms with Gasteiger partial charge in [-0.25, -0.2) is 4.98 Å². The van der Waals surface area contributed by atoms with Crippen LogP contribution in [-0.4, -0.2) is 24.1 Å². The quantitative estimate of drug-likeness (QED) is 0.711. The monoisotopic (exact) mass is 271 g/mol. The molecule has 0 aliphatic rings. The van der Waals surface area contributed by atoms with Gasteiger partial charge >= 0.3 is 0 Å². The number of aryl methyl sites for hydroxylation is 2. The van der Waals surface area contributed by atoms with Gasteiger partial charge in [0.2, 0.25) is 0 Å². The Kier molecular flexibility index (Phi) is 2.81. The maximum atomic E-state index is 12.6. The van der Waals surface area contributed by atoms with E-state index in [4.69, 9.17) is 0 Å². The smallest absolute Gasteiger partial charge is 0.261 e. The minimum Gasteiger partial charge on any atom is -0.315 e. The number of hydrogen-bond donors (Lipinski definition) is 0. The standard InChI is InChI=1S/C14H17N5O/c1-8(2)7-18-6-5-11-12(13(18)20)9(3)15-14-16-10(4)17-19(11)14/h5-6,8H,7H2,1-4H3. The summed E-state index contributed by atoms with van der Waals surface area (Å²) in [5.74, 6) is 1.60. The Hall–Kier alpha value is -2.24. The van der Waals surface area contributed by atoms with Crippen LogP contribution in [0.1, 0.15) is 25.4 Å². The third kappa shape index (κ3) is 1.88. The average molecular weight is 271 g/mol. The van der Waals surface area contributed by atoms with Crippen molar-refractivity contribution in [2.45, 2.75) is 34.2 Å². The molecule has 0 aromatic carbocycles. The first-order chi connectivity index (χ1) is 9.47. The lowest BCUT2D eigenvalue weighted by Crippen LogP contribution is -2.23. The van der Waals surface area contributed by atoms with E-state index in [1.165, 1.54) is 0 Å². The van der Waals surface area contributed by atoms with Crippen molar-refractivity contribution in [3.63, 3.8) is 0 Å². The number of fused-ring (bicyclic) bond motifs is 3. The molecule has 0 amide bonds. The first kappa shape index (κ1) is 12.8. The Bertz CT molecular complexity index is 859. The Morgan fingerprint density at radius 1 is 1.25 bits per heavy atom. The van der Waals surface area contributed by atoms with Crippen LogP contribution >= 0.6 is 0 Å². The van der Waals surface area contributed by atoms with Crippen molar-refractivity contribution in [2.75, 3.05) is 0 Å². The topological polar surface area (TPSA) is 65.1 Å². The first-order valence-corrected chi connectivity index (χ1v) is 6.70. The van der Waals surface area contributed by atoms with E-state index in [9.17, 15) is 4.79 Å². The molecular formula is C14H17N5O. The number of rotatable bonds is 2. The summed E-state index contributed by atoms with van der Waals surface area (Å²) < 4.78 is 3.37. The highest BCUT2D eigenvalue weighted by Gasteiger charge is 2.13. The zero-order valence-corrected chi connectivity index (χ0v) is 12.1. The van der Waals surface area contributed by atoms with Crippen LogP contribution in [0.25, 0.3) is 16.7 Å². The lowest BCUT2D eigenvalue weighted by Gasteiger charge is -2.10. The highest BCUT2D eigenvalue weighted by Crippen LogP contribution is 2.14. The predicted octanol–water partition coefficient (Wildman–Crippen LogP) is 1.71. The van der Waals surface area contributed by atoms with Gasteiger partial charge < -0.3 is 4.57 Å². The van der Waals surface area contributed by atoms with Crippen LogP contribution in [0.2, 0.25) is 0 Å². The summed E-state index contributed by atoms with van der Waals surface area (Å²) in [6.45, 7) is 8.53. The van der Waals surface area contributed by atoms with Gasteiger partial charge in [0.05, 0.1) is 16.6 Å². The number of pyridine rings is 1. The molecular weight excluding hydrogens is 254 g/mol. The van der Waals surface area contributed by atoms with Crippen molar-refractivity contribution in [1.29, 1.82) is 0 Å². The van der Waals surface area contributed by atoms with Crippen molar-refractivity contribution in [3.05, 3.63) is 34.1 Å². The summed E-state index contributed by atoms with van der Waals surface area (Å²) in [5.41, 5.74) is 1.44. The van der Waals surface area contributed by atoms with Gasteiger partial charge in [-0.1, -0.05) is 13.8 Å². The summed E-state index contributed by atoms with van der Waals surface area (Å²) in [7, 11) is 0. The van der Waals surface area contributed by atoms with E-state index >= 15 is 0 Å². The Labute approximate surface area is 116 Å². The molecule has 0 saturated heterocycles. The van der Waals surface area contributed by atoms with Crippen LogP contribution < -0.4 is 5.56 Å². The average Bonchev–Trinajstić information content (AvgIpc) is 2.72. The number of nitrogens with zero attached hydrogens (tertiary/aromatic N) is 5. The lowest BCUT2D eigenvalue weighted by molar-refractivity contribution is 0.513. The molecule has 0 aliphatic carbocycles. The van der Waals surface area contributed by atoms with Gasteiger partial charge in [0.15, 0.2) is 0 Å². The molecule has 0 atom stereocenters. The minimum absolute atomic E-state index is 0.0174. The van der Waals surface area contributed by atoms with Crippen LogP contribution in [0.5, 0.6) is 0 Å². The molecule has 0 radical (unpaired) electrons. The van der Waals surface area contributed by atoms with Crippen molar-refractivity contribution < 1.29 is 0 Å². The largest absolute Gasteiger partial charge is 0.315 e. The highest BCUT2D eigenvalue weighted by atomic mass is 16.1. The Morgan fingerprint density at radius 2 is 2.00 bits per heavy atom. The van der Waals surface area contributed by atoms with E-state index in [0.717, 1.165) is 5.52 Å². The fourth-order valence-electron chi connectivity index (χ4n) is 2.46. The molecule has 3 aromatic heterocycles. The summed E-state index contributed by atoms with van der Waals surface area (Å²) in [6, 6.07) is 1.91. The third-order valence-electron chi connectivity index (χ3n) is 3.26. The number of aromatic nitrogens is 5. The minimum atomic E-state index is -0.0174. The van der Waals surface area contributed by atoms with Crippen LogP contribution in [-0.2, 0) is 6.54 Å². The molecule has 3 heterocycles. The summed E-state index contributed by atoms with van der Waals surface area (Å²) in [5, 5.41) is 4.93. The second-order valence-electron chi connectivity index (χ2n) is 5.50. The first-order valence-electron chi connectivity index (χ1n) is 6.70. The molecule has 0 aliphatic heterocycles. The molecule has 0 spiro atoms. The zero-order chi connectivity index (χ0) is 14.4. The van der Waals surface area contributed by atoms with Gasteiger partial charge in [0.25, 0.3) is 11.3 Å². The Morgan fingerprint density at radius 3 is 2.70 bits per heavy atom. The maximum absolute atomic E-state index is 12.6. The van der Waals surface area contributed by atoms with Gasteiger partial charge in [-0.15, -0.1) is 5.10 Å². The van der Waals surface area contributed by atoms with E-state index in [-0.39, 0.29) is 5.56 Å². The Balaban J connectivity index is 2.40. The highest BCUT2D eigenvalue weighted by molar-refractivity contribution is 5.81. The molecule has 6 heteroatoms. The molecule has 6 nitrogen and oxygen atoms in total.